The van der Waals surface area contributed by atoms with Crippen molar-refractivity contribution < 1.29 is 22.7 Å². The summed E-state index contributed by atoms with van der Waals surface area (Å²) in [6.07, 6.45) is -0.683. The predicted octanol–water partition coefficient (Wildman–Crippen LogP) is 2.20. The number of carbonyl (C=O) groups is 1. The SMILES string of the molecule is Cc1nc(N[C@H]2C[C@@H](Nc3cnc(C(F)(F)F)cn3)C2)nc2c1NC(=O)C1(CCOC1)N2C. The fourth-order valence-electron chi connectivity index (χ4n) is 4.39. The first-order valence-corrected chi connectivity index (χ1v) is 10.6. The van der Waals surface area contributed by atoms with Gasteiger partial charge in [0.15, 0.2) is 11.5 Å². The molecule has 1 aliphatic carbocycles. The Morgan fingerprint density at radius 3 is 2.58 bits per heavy atom. The minimum Gasteiger partial charge on any atom is -0.378 e. The number of halogens is 3. The van der Waals surface area contributed by atoms with Gasteiger partial charge in [0.2, 0.25) is 5.95 Å². The highest BCUT2D eigenvalue weighted by Crippen LogP contribution is 2.40. The largest absolute Gasteiger partial charge is 0.434 e. The van der Waals surface area contributed by atoms with E-state index in [4.69, 9.17) is 4.74 Å². The number of nitrogens with one attached hydrogen (secondary N) is 3. The first-order chi connectivity index (χ1) is 15.7. The van der Waals surface area contributed by atoms with E-state index in [9.17, 15) is 18.0 Å². The molecule has 13 heteroatoms. The second kappa shape index (κ2) is 7.68. The van der Waals surface area contributed by atoms with E-state index in [1.165, 1.54) is 0 Å². The number of likely N-dealkylation sites (N-methyl/N-ethyl adjacent to an activating group) is 1. The smallest absolute Gasteiger partial charge is 0.378 e. The third kappa shape index (κ3) is 3.79. The van der Waals surface area contributed by atoms with Gasteiger partial charge in [-0.1, -0.05) is 0 Å². The molecule has 176 valence electrons. The second-order valence-electron chi connectivity index (χ2n) is 8.62. The van der Waals surface area contributed by atoms with Crippen LogP contribution in [-0.2, 0) is 15.7 Å². The molecule has 1 unspecified atom stereocenters. The number of fused-ring (bicyclic) bond motifs is 1. The van der Waals surface area contributed by atoms with E-state index < -0.39 is 17.4 Å². The molecule has 2 fully saturated rings. The number of alkyl halides is 3. The predicted molar refractivity (Wildman–Crippen MR) is 113 cm³/mol. The quantitative estimate of drug-likeness (QED) is 0.626. The van der Waals surface area contributed by atoms with Crippen molar-refractivity contribution in [2.45, 2.75) is 50.0 Å². The lowest BCUT2D eigenvalue weighted by Crippen LogP contribution is -2.59. The lowest BCUT2D eigenvalue weighted by molar-refractivity contribution is -0.141. The van der Waals surface area contributed by atoms with Gasteiger partial charge < -0.3 is 25.6 Å². The number of aryl methyl sites for hydroxylation is 1. The van der Waals surface area contributed by atoms with Crippen LogP contribution in [-0.4, -0.2) is 63.7 Å². The molecule has 10 nitrogen and oxygen atoms in total. The molecule has 2 aliphatic heterocycles. The Kier molecular flexibility index (Phi) is 5.03. The Labute approximate surface area is 187 Å². The molecule has 1 saturated heterocycles. The zero-order valence-corrected chi connectivity index (χ0v) is 18.0. The highest BCUT2D eigenvalue weighted by Gasteiger charge is 2.50. The van der Waals surface area contributed by atoms with E-state index >= 15 is 0 Å². The first-order valence-electron chi connectivity index (χ1n) is 10.6. The van der Waals surface area contributed by atoms with Crippen molar-refractivity contribution in [3.63, 3.8) is 0 Å². The molecule has 0 radical (unpaired) electrons. The van der Waals surface area contributed by atoms with Crippen molar-refractivity contribution in [3.05, 3.63) is 23.8 Å². The van der Waals surface area contributed by atoms with Gasteiger partial charge in [-0.2, -0.15) is 18.2 Å². The molecule has 0 aromatic carbocycles. The Morgan fingerprint density at radius 1 is 1.18 bits per heavy atom. The van der Waals surface area contributed by atoms with Crippen molar-refractivity contribution >= 4 is 29.2 Å². The molecular formula is C20H23F3N8O2. The van der Waals surface area contributed by atoms with Gasteiger partial charge in [0.1, 0.15) is 17.0 Å². The van der Waals surface area contributed by atoms with Crippen LogP contribution >= 0.6 is 0 Å². The number of carbonyl (C=O) groups excluding carboxylic acids is 1. The minimum absolute atomic E-state index is 0.0492. The van der Waals surface area contributed by atoms with Crippen molar-refractivity contribution in [2.75, 3.05) is 41.1 Å². The van der Waals surface area contributed by atoms with E-state index in [0.29, 0.717) is 61.4 Å². The van der Waals surface area contributed by atoms with Crippen LogP contribution in [0.25, 0.3) is 0 Å². The van der Waals surface area contributed by atoms with Crippen molar-refractivity contribution in [3.8, 4) is 0 Å². The third-order valence-electron chi connectivity index (χ3n) is 6.46. The number of amides is 1. The zero-order chi connectivity index (χ0) is 23.4. The summed E-state index contributed by atoms with van der Waals surface area (Å²) >= 11 is 0. The molecule has 1 spiro atoms. The second-order valence-corrected chi connectivity index (χ2v) is 8.62. The molecule has 3 aliphatic rings. The number of ether oxygens (including phenoxy) is 1. The van der Waals surface area contributed by atoms with Crippen LogP contribution in [0.5, 0.6) is 0 Å². The van der Waals surface area contributed by atoms with Crippen LogP contribution in [0.4, 0.5) is 36.4 Å². The summed E-state index contributed by atoms with van der Waals surface area (Å²) in [5.41, 5.74) is -0.530. The number of rotatable bonds is 4. The molecule has 3 N–H and O–H groups in total. The molecule has 1 amide bonds. The Hall–Kier alpha value is -3.22. The fraction of sp³-hybridized carbons (Fsp3) is 0.550. The average molecular weight is 464 g/mol. The van der Waals surface area contributed by atoms with E-state index in [2.05, 4.69) is 35.9 Å². The maximum Gasteiger partial charge on any atom is 0.434 e. The Morgan fingerprint density at radius 2 is 1.94 bits per heavy atom. The monoisotopic (exact) mass is 464 g/mol. The highest BCUT2D eigenvalue weighted by molar-refractivity contribution is 6.06. The van der Waals surface area contributed by atoms with Crippen molar-refractivity contribution in [1.29, 1.82) is 0 Å². The third-order valence-corrected chi connectivity index (χ3v) is 6.46. The molecular weight excluding hydrogens is 441 g/mol. The van der Waals surface area contributed by atoms with Gasteiger partial charge >= 0.3 is 6.18 Å². The number of anilines is 4. The van der Waals surface area contributed by atoms with Crippen LogP contribution < -0.4 is 20.9 Å². The molecule has 2 aromatic rings. The summed E-state index contributed by atoms with van der Waals surface area (Å²) < 4.78 is 43.3. The molecule has 1 atom stereocenters. The molecule has 5 rings (SSSR count). The highest BCUT2D eigenvalue weighted by atomic mass is 19.4. The van der Waals surface area contributed by atoms with Crippen LogP contribution in [0.3, 0.4) is 0 Å². The number of hydrogen-bond acceptors (Lipinski definition) is 9. The van der Waals surface area contributed by atoms with Gasteiger partial charge in [0, 0.05) is 32.2 Å². The topological polar surface area (TPSA) is 117 Å². The lowest BCUT2D eigenvalue weighted by atomic mass is 9.87. The lowest BCUT2D eigenvalue weighted by Gasteiger charge is -2.42. The summed E-state index contributed by atoms with van der Waals surface area (Å²) in [5.74, 6) is 1.29. The summed E-state index contributed by atoms with van der Waals surface area (Å²) in [5, 5.41) is 9.34. The molecule has 4 heterocycles. The fourth-order valence-corrected chi connectivity index (χ4v) is 4.39. The summed E-state index contributed by atoms with van der Waals surface area (Å²) in [6, 6.07) is 0.141. The summed E-state index contributed by atoms with van der Waals surface area (Å²) in [4.78, 5) is 31.0. The van der Waals surface area contributed by atoms with Crippen LogP contribution in [0.15, 0.2) is 12.4 Å². The molecule has 33 heavy (non-hydrogen) atoms. The summed E-state index contributed by atoms with van der Waals surface area (Å²) in [7, 11) is 1.84. The number of aromatic nitrogens is 4. The first kappa shape index (κ1) is 21.6. The van der Waals surface area contributed by atoms with Crippen molar-refractivity contribution in [1.82, 2.24) is 19.9 Å². The summed E-state index contributed by atoms with van der Waals surface area (Å²) in [6.45, 7) is 2.64. The van der Waals surface area contributed by atoms with Gasteiger partial charge in [-0.05, 0) is 19.8 Å². The normalized spacial score (nSPS) is 26.6. The maximum absolute atomic E-state index is 12.7. The molecule has 1 saturated carbocycles. The van der Waals surface area contributed by atoms with E-state index in [1.54, 1.807) is 0 Å². The number of hydrogen-bond donors (Lipinski definition) is 3. The molecule has 0 bridgehead atoms. The van der Waals surface area contributed by atoms with Gasteiger partial charge in [0.25, 0.3) is 5.91 Å². The standard InChI is InChI=1S/C20H23F3N8O2/c1-10-15-16(31(2)19(17(32)29-15)3-4-33-9-19)30-18(26-10)28-12-5-11(6-12)27-14-8-24-13(7-25-14)20(21,22)23/h7-8,11-12H,3-6,9H2,1-2H3,(H,25,27)(H,29,32)(H,26,28,30)/t11-,12+,19?. The minimum atomic E-state index is -4.51. The van der Waals surface area contributed by atoms with Crippen molar-refractivity contribution in [2.24, 2.45) is 0 Å². The Bertz CT molecular complexity index is 1070. The van der Waals surface area contributed by atoms with Gasteiger partial charge in [-0.25, -0.2) is 15.0 Å². The van der Waals surface area contributed by atoms with E-state index in [-0.39, 0.29) is 18.0 Å². The van der Waals surface area contributed by atoms with E-state index in [1.807, 2.05) is 18.9 Å². The zero-order valence-electron chi connectivity index (χ0n) is 18.0. The van der Waals surface area contributed by atoms with Gasteiger partial charge in [0.05, 0.1) is 24.7 Å². The Balaban J connectivity index is 1.23. The average Bonchev–Trinajstić information content (AvgIpc) is 3.23. The number of nitrogens with zero attached hydrogens (tertiary/aromatic N) is 5. The molecule has 2 aromatic heterocycles. The van der Waals surface area contributed by atoms with E-state index in [0.717, 1.165) is 12.4 Å². The van der Waals surface area contributed by atoms with Gasteiger partial charge in [-0.3, -0.25) is 4.79 Å². The van der Waals surface area contributed by atoms with Gasteiger partial charge in [-0.15, -0.1) is 0 Å². The van der Waals surface area contributed by atoms with Crippen LogP contribution in [0.2, 0.25) is 0 Å². The van der Waals surface area contributed by atoms with Crippen LogP contribution in [0, 0.1) is 6.92 Å². The maximum atomic E-state index is 12.7. The van der Waals surface area contributed by atoms with Crippen LogP contribution in [0.1, 0.15) is 30.7 Å².